The maximum atomic E-state index is 12.2. The normalized spacial score (nSPS) is 14.5. The number of aromatic nitrogens is 3. The number of amides is 1. The first-order chi connectivity index (χ1) is 12.2. The van der Waals surface area contributed by atoms with Gasteiger partial charge in [-0.2, -0.15) is 0 Å². The van der Waals surface area contributed by atoms with Gasteiger partial charge in [-0.15, -0.1) is 0 Å². The number of pyridine rings is 1. The average Bonchev–Trinajstić information content (AvgIpc) is 3.19. The Hall–Kier alpha value is -2.25. The Morgan fingerprint density at radius 1 is 1.40 bits per heavy atom. The molecule has 2 N–H and O–H groups in total. The van der Waals surface area contributed by atoms with E-state index in [-0.39, 0.29) is 13.9 Å². The highest BCUT2D eigenvalue weighted by Gasteiger charge is 2.17. The summed E-state index contributed by atoms with van der Waals surface area (Å²) in [6.07, 6.45) is 11.0. The Bertz CT molecular complexity index is 629. The summed E-state index contributed by atoms with van der Waals surface area (Å²) in [5, 5.41) is 11.0. The third-order valence-corrected chi connectivity index (χ3v) is 3.97. The van der Waals surface area contributed by atoms with Gasteiger partial charge in [-0.1, -0.05) is 25.3 Å². The molecule has 0 unspecified atom stereocenters. The van der Waals surface area contributed by atoms with Crippen molar-refractivity contribution in [3.05, 3.63) is 42.6 Å². The maximum Gasteiger partial charge on any atom is 0.270 e. The van der Waals surface area contributed by atoms with Gasteiger partial charge in [-0.3, -0.25) is 9.36 Å². The molecule has 1 saturated carbocycles. The highest BCUT2D eigenvalue weighted by atomic mass is 16.5. The van der Waals surface area contributed by atoms with Crippen LogP contribution in [0.1, 0.15) is 44.0 Å². The molecule has 2 aromatic rings. The first kappa shape index (κ1) is 19.1. The second kappa shape index (κ2) is 10.6. The van der Waals surface area contributed by atoms with E-state index in [0.717, 1.165) is 12.8 Å². The maximum absolute atomic E-state index is 12.2. The summed E-state index contributed by atoms with van der Waals surface area (Å²) in [5.41, 5.74) is 0.460. The summed E-state index contributed by atoms with van der Waals surface area (Å²) < 4.78 is 6.23. The SMILES string of the molecule is COCCO.O=C(NC1CCCCC1)c1cccc(-n2ccnc2)n1.[HH]. The predicted molar refractivity (Wildman–Crippen MR) is 96.8 cm³/mol. The first-order valence-corrected chi connectivity index (χ1v) is 8.60. The monoisotopic (exact) mass is 348 g/mol. The van der Waals surface area contributed by atoms with Crippen LogP contribution >= 0.6 is 0 Å². The molecule has 0 bridgehead atoms. The van der Waals surface area contributed by atoms with Crippen LogP contribution in [-0.4, -0.2) is 51.9 Å². The fraction of sp³-hybridized carbons (Fsp3) is 0.500. The van der Waals surface area contributed by atoms with E-state index in [0.29, 0.717) is 24.2 Å². The number of hydrogen-bond acceptors (Lipinski definition) is 5. The van der Waals surface area contributed by atoms with Crippen molar-refractivity contribution in [3.8, 4) is 5.82 Å². The van der Waals surface area contributed by atoms with Crippen LogP contribution in [0.2, 0.25) is 0 Å². The number of rotatable bonds is 5. The van der Waals surface area contributed by atoms with E-state index in [9.17, 15) is 4.79 Å². The minimum Gasteiger partial charge on any atom is -0.394 e. The van der Waals surface area contributed by atoms with E-state index in [2.05, 4.69) is 20.0 Å². The third kappa shape index (κ3) is 6.28. The molecular weight excluding hydrogens is 320 g/mol. The average molecular weight is 348 g/mol. The largest absolute Gasteiger partial charge is 0.394 e. The number of carbonyl (C=O) groups is 1. The minimum absolute atomic E-state index is 0. The lowest BCUT2D eigenvalue weighted by Gasteiger charge is -2.22. The van der Waals surface area contributed by atoms with Crippen molar-refractivity contribution >= 4 is 5.91 Å². The molecule has 3 rings (SSSR count). The summed E-state index contributed by atoms with van der Waals surface area (Å²) >= 11 is 0. The lowest BCUT2D eigenvalue weighted by Crippen LogP contribution is -2.36. The van der Waals surface area contributed by atoms with Crippen LogP contribution in [0.15, 0.2) is 36.9 Å². The predicted octanol–water partition coefficient (Wildman–Crippen LogP) is 2.20. The van der Waals surface area contributed by atoms with Gasteiger partial charge < -0.3 is 15.2 Å². The molecule has 2 aromatic heterocycles. The topological polar surface area (TPSA) is 89.3 Å². The van der Waals surface area contributed by atoms with Gasteiger partial charge in [0.15, 0.2) is 0 Å². The van der Waals surface area contributed by atoms with Gasteiger partial charge >= 0.3 is 0 Å². The Balaban J connectivity index is 0.000000501. The number of hydrogen-bond donors (Lipinski definition) is 2. The van der Waals surface area contributed by atoms with E-state index in [1.165, 1.54) is 19.3 Å². The summed E-state index contributed by atoms with van der Waals surface area (Å²) in [4.78, 5) is 20.6. The van der Waals surface area contributed by atoms with Crippen molar-refractivity contribution in [3.63, 3.8) is 0 Å². The molecule has 0 spiro atoms. The molecule has 1 fully saturated rings. The molecule has 1 amide bonds. The van der Waals surface area contributed by atoms with Gasteiger partial charge in [0, 0.05) is 27.0 Å². The van der Waals surface area contributed by atoms with Crippen molar-refractivity contribution in [1.29, 1.82) is 0 Å². The summed E-state index contributed by atoms with van der Waals surface area (Å²) in [5.74, 6) is 0.623. The number of nitrogens with zero attached hydrogens (tertiary/aromatic N) is 3. The smallest absolute Gasteiger partial charge is 0.270 e. The van der Waals surface area contributed by atoms with Crippen molar-refractivity contribution in [1.82, 2.24) is 19.9 Å². The Morgan fingerprint density at radius 3 is 2.80 bits per heavy atom. The van der Waals surface area contributed by atoms with Crippen molar-refractivity contribution < 1.29 is 16.1 Å². The lowest BCUT2D eigenvalue weighted by molar-refractivity contribution is 0.0922. The fourth-order valence-electron chi connectivity index (χ4n) is 2.69. The fourth-order valence-corrected chi connectivity index (χ4v) is 2.69. The molecular formula is C18H28N4O3. The van der Waals surface area contributed by atoms with Crippen LogP contribution in [0, 0.1) is 0 Å². The molecule has 138 valence electrons. The number of methoxy groups -OCH3 is 1. The highest BCUT2D eigenvalue weighted by molar-refractivity contribution is 5.92. The van der Waals surface area contributed by atoms with E-state index >= 15 is 0 Å². The zero-order valence-corrected chi connectivity index (χ0v) is 14.6. The quantitative estimate of drug-likeness (QED) is 0.865. The number of nitrogens with one attached hydrogen (secondary N) is 1. The van der Waals surface area contributed by atoms with Crippen LogP contribution in [0.25, 0.3) is 5.82 Å². The molecule has 0 atom stereocenters. The molecule has 1 aliphatic carbocycles. The summed E-state index contributed by atoms with van der Waals surface area (Å²) in [7, 11) is 1.55. The third-order valence-electron chi connectivity index (χ3n) is 3.97. The molecule has 0 saturated heterocycles. The van der Waals surface area contributed by atoms with Crippen LogP contribution in [0.3, 0.4) is 0 Å². The Labute approximate surface area is 149 Å². The van der Waals surface area contributed by atoms with Crippen molar-refractivity contribution in [2.75, 3.05) is 20.3 Å². The number of carbonyl (C=O) groups excluding carboxylic acids is 1. The molecule has 0 aliphatic heterocycles. The van der Waals surface area contributed by atoms with Crippen LogP contribution in [0.5, 0.6) is 0 Å². The molecule has 2 heterocycles. The zero-order valence-electron chi connectivity index (χ0n) is 14.6. The molecule has 7 heteroatoms. The van der Waals surface area contributed by atoms with Gasteiger partial charge in [0.1, 0.15) is 17.8 Å². The van der Waals surface area contributed by atoms with E-state index in [1.54, 1.807) is 30.3 Å². The first-order valence-electron chi connectivity index (χ1n) is 8.60. The molecule has 0 radical (unpaired) electrons. The Morgan fingerprint density at radius 2 is 2.20 bits per heavy atom. The van der Waals surface area contributed by atoms with Gasteiger partial charge in [0.25, 0.3) is 5.91 Å². The highest BCUT2D eigenvalue weighted by Crippen LogP contribution is 2.17. The lowest BCUT2D eigenvalue weighted by atomic mass is 9.95. The van der Waals surface area contributed by atoms with E-state index in [1.807, 2.05) is 18.3 Å². The minimum atomic E-state index is -0.0844. The van der Waals surface area contributed by atoms with Gasteiger partial charge in [0.05, 0.1) is 13.2 Å². The number of aliphatic hydroxyl groups is 1. The van der Waals surface area contributed by atoms with Crippen molar-refractivity contribution in [2.45, 2.75) is 38.1 Å². The number of ether oxygens (including phenoxy) is 1. The number of imidazole rings is 1. The summed E-state index contributed by atoms with van der Waals surface area (Å²) in [6.45, 7) is 0.566. The number of aliphatic hydroxyl groups excluding tert-OH is 1. The van der Waals surface area contributed by atoms with Crippen LogP contribution < -0.4 is 5.32 Å². The van der Waals surface area contributed by atoms with E-state index < -0.39 is 0 Å². The van der Waals surface area contributed by atoms with Crippen LogP contribution in [0.4, 0.5) is 0 Å². The van der Waals surface area contributed by atoms with Crippen LogP contribution in [-0.2, 0) is 4.74 Å². The van der Waals surface area contributed by atoms with Gasteiger partial charge in [-0.05, 0) is 25.0 Å². The molecule has 0 aromatic carbocycles. The molecule has 7 nitrogen and oxygen atoms in total. The Kier molecular flexibility index (Phi) is 8.08. The zero-order chi connectivity index (χ0) is 17.9. The standard InChI is InChI=1S/C15H18N4O.C3H8O2.H2/c20-15(17-12-5-2-1-3-6-12)13-7-4-8-14(18-13)19-10-9-16-11-19;1-5-3-2-4;/h4,7-12H,1-3,5-6H2,(H,17,20);4H,2-3H2,1H3;1H. The second-order valence-corrected chi connectivity index (χ2v) is 5.88. The second-order valence-electron chi connectivity index (χ2n) is 5.88. The van der Waals surface area contributed by atoms with Gasteiger partial charge in [0.2, 0.25) is 0 Å². The molecule has 1 aliphatic rings. The van der Waals surface area contributed by atoms with E-state index in [4.69, 9.17) is 5.11 Å². The van der Waals surface area contributed by atoms with Crippen molar-refractivity contribution in [2.24, 2.45) is 0 Å². The molecule has 25 heavy (non-hydrogen) atoms. The summed E-state index contributed by atoms with van der Waals surface area (Å²) in [6, 6.07) is 5.76. The van der Waals surface area contributed by atoms with Gasteiger partial charge in [-0.25, -0.2) is 9.97 Å².